The lowest BCUT2D eigenvalue weighted by Gasteiger charge is -2.05. The fourth-order valence-corrected chi connectivity index (χ4v) is 1.01. The molecule has 0 saturated heterocycles. The van der Waals surface area contributed by atoms with E-state index in [2.05, 4.69) is 29.4 Å². The molecule has 0 saturated carbocycles. The van der Waals surface area contributed by atoms with Crippen LogP contribution in [0.5, 0.6) is 0 Å². The lowest BCUT2D eigenvalue weighted by Crippen LogP contribution is -1.96. The maximum absolute atomic E-state index is 4.96. The Labute approximate surface area is 58.9 Å². The van der Waals surface area contributed by atoms with Crippen molar-refractivity contribution in [3.8, 4) is 0 Å². The normalized spacial score (nSPS) is 12.8. The van der Waals surface area contributed by atoms with Crippen molar-refractivity contribution < 1.29 is 4.74 Å². The molecule has 0 aliphatic carbocycles. The third kappa shape index (κ3) is 4.19. The van der Waals surface area contributed by atoms with Crippen molar-refractivity contribution in [3.05, 3.63) is 12.8 Å². The third-order valence-corrected chi connectivity index (χ3v) is 1.43. The SMILES string of the molecule is C=COC(Br)CCC. The fraction of sp³-hybridized carbons (Fsp3) is 0.667. The molecule has 0 aliphatic heterocycles. The van der Waals surface area contributed by atoms with E-state index < -0.39 is 0 Å². The zero-order valence-corrected chi connectivity index (χ0v) is 6.65. The Hall–Kier alpha value is 0.0200. The Bertz CT molecular complexity index is 63.5. The summed E-state index contributed by atoms with van der Waals surface area (Å²) < 4.78 is 4.96. The molecular formula is C6H11BrO. The average molecular weight is 179 g/mol. The van der Waals surface area contributed by atoms with Gasteiger partial charge in [0, 0.05) is 0 Å². The van der Waals surface area contributed by atoms with E-state index in [4.69, 9.17) is 4.74 Å². The number of rotatable bonds is 4. The van der Waals surface area contributed by atoms with Crippen molar-refractivity contribution >= 4 is 15.9 Å². The zero-order valence-electron chi connectivity index (χ0n) is 5.06. The molecule has 1 nitrogen and oxygen atoms in total. The van der Waals surface area contributed by atoms with Gasteiger partial charge in [-0.15, -0.1) is 0 Å². The highest BCUT2D eigenvalue weighted by molar-refractivity contribution is 9.09. The first-order chi connectivity index (χ1) is 3.81. The summed E-state index contributed by atoms with van der Waals surface area (Å²) in [4.78, 5) is 0. The van der Waals surface area contributed by atoms with E-state index >= 15 is 0 Å². The van der Waals surface area contributed by atoms with Crippen LogP contribution in [0, 0.1) is 0 Å². The number of ether oxygens (including phenoxy) is 1. The summed E-state index contributed by atoms with van der Waals surface area (Å²) in [5.41, 5.74) is 0. The summed E-state index contributed by atoms with van der Waals surface area (Å²) in [6.45, 7) is 5.54. The summed E-state index contributed by atoms with van der Waals surface area (Å²) in [5, 5.41) is 0.157. The second-order valence-electron chi connectivity index (χ2n) is 1.50. The zero-order chi connectivity index (χ0) is 6.41. The Kier molecular flexibility index (Phi) is 5.18. The number of halogens is 1. The van der Waals surface area contributed by atoms with Crippen molar-refractivity contribution in [1.29, 1.82) is 0 Å². The minimum Gasteiger partial charge on any atom is -0.487 e. The molecule has 2 heteroatoms. The van der Waals surface area contributed by atoms with Crippen LogP contribution in [-0.2, 0) is 4.74 Å². The summed E-state index contributed by atoms with van der Waals surface area (Å²) in [6, 6.07) is 0. The Morgan fingerprint density at radius 3 is 2.88 bits per heavy atom. The second kappa shape index (κ2) is 5.16. The maximum Gasteiger partial charge on any atom is 0.152 e. The van der Waals surface area contributed by atoms with Gasteiger partial charge in [0.1, 0.15) is 0 Å². The monoisotopic (exact) mass is 178 g/mol. The van der Waals surface area contributed by atoms with E-state index in [1.807, 2.05) is 0 Å². The van der Waals surface area contributed by atoms with Crippen LogP contribution >= 0.6 is 15.9 Å². The average Bonchev–Trinajstić information content (AvgIpc) is 1.68. The highest BCUT2D eigenvalue weighted by atomic mass is 79.9. The predicted molar refractivity (Wildman–Crippen MR) is 38.9 cm³/mol. The molecule has 0 bridgehead atoms. The first kappa shape index (κ1) is 8.02. The third-order valence-electron chi connectivity index (χ3n) is 0.760. The van der Waals surface area contributed by atoms with Crippen LogP contribution in [0.1, 0.15) is 19.8 Å². The van der Waals surface area contributed by atoms with Gasteiger partial charge in [0.05, 0.1) is 6.26 Å². The minimum atomic E-state index is 0.157. The van der Waals surface area contributed by atoms with Crippen LogP contribution in [0.4, 0.5) is 0 Å². The minimum absolute atomic E-state index is 0.157. The van der Waals surface area contributed by atoms with Gasteiger partial charge >= 0.3 is 0 Å². The lowest BCUT2D eigenvalue weighted by molar-refractivity contribution is 0.219. The first-order valence-electron chi connectivity index (χ1n) is 2.71. The molecule has 0 aromatic heterocycles. The van der Waals surface area contributed by atoms with Crippen LogP contribution in [0.2, 0.25) is 0 Å². The highest BCUT2D eigenvalue weighted by Crippen LogP contribution is 2.08. The molecule has 0 aromatic carbocycles. The van der Waals surface area contributed by atoms with Gasteiger partial charge in [-0.1, -0.05) is 19.9 Å². The van der Waals surface area contributed by atoms with E-state index in [-0.39, 0.29) is 5.01 Å². The largest absolute Gasteiger partial charge is 0.487 e. The Balaban J connectivity index is 3.03. The topological polar surface area (TPSA) is 9.23 Å². The van der Waals surface area contributed by atoms with Crippen molar-refractivity contribution in [2.45, 2.75) is 24.8 Å². The van der Waals surface area contributed by atoms with Crippen molar-refractivity contribution in [1.82, 2.24) is 0 Å². The van der Waals surface area contributed by atoms with Gasteiger partial charge in [0.15, 0.2) is 5.01 Å². The maximum atomic E-state index is 4.96. The predicted octanol–water partition coefficient (Wildman–Crippen LogP) is 2.67. The smallest absolute Gasteiger partial charge is 0.152 e. The standard InChI is InChI=1S/C6H11BrO/c1-3-5-6(7)8-4-2/h4,6H,2-3,5H2,1H3. The van der Waals surface area contributed by atoms with E-state index in [0.717, 1.165) is 12.8 Å². The molecule has 1 atom stereocenters. The van der Waals surface area contributed by atoms with Crippen LogP contribution < -0.4 is 0 Å². The summed E-state index contributed by atoms with van der Waals surface area (Å²) in [5.74, 6) is 0. The molecule has 0 rings (SSSR count). The van der Waals surface area contributed by atoms with Gasteiger partial charge in [0.25, 0.3) is 0 Å². The number of hydrogen-bond donors (Lipinski definition) is 0. The Morgan fingerprint density at radius 2 is 2.50 bits per heavy atom. The molecule has 0 heterocycles. The van der Waals surface area contributed by atoms with Gasteiger partial charge < -0.3 is 4.74 Å². The highest BCUT2D eigenvalue weighted by Gasteiger charge is 1.96. The number of alkyl halides is 1. The van der Waals surface area contributed by atoms with Crippen LogP contribution in [0.25, 0.3) is 0 Å². The van der Waals surface area contributed by atoms with E-state index in [9.17, 15) is 0 Å². The second-order valence-corrected chi connectivity index (χ2v) is 2.52. The van der Waals surface area contributed by atoms with Gasteiger partial charge in [-0.25, -0.2) is 0 Å². The summed E-state index contributed by atoms with van der Waals surface area (Å²) >= 11 is 3.30. The molecule has 0 aliphatic rings. The molecule has 0 N–H and O–H groups in total. The number of hydrogen-bond acceptors (Lipinski definition) is 1. The van der Waals surface area contributed by atoms with Crippen molar-refractivity contribution in [3.63, 3.8) is 0 Å². The van der Waals surface area contributed by atoms with Crippen LogP contribution in [0.15, 0.2) is 12.8 Å². The first-order valence-corrected chi connectivity index (χ1v) is 3.63. The molecule has 0 amide bonds. The molecular weight excluding hydrogens is 168 g/mol. The molecule has 0 aromatic rings. The van der Waals surface area contributed by atoms with E-state index in [1.165, 1.54) is 6.26 Å². The molecule has 0 fully saturated rings. The molecule has 8 heavy (non-hydrogen) atoms. The summed E-state index contributed by atoms with van der Waals surface area (Å²) in [6.07, 6.45) is 3.62. The van der Waals surface area contributed by atoms with Crippen molar-refractivity contribution in [2.75, 3.05) is 0 Å². The van der Waals surface area contributed by atoms with Crippen molar-refractivity contribution in [2.24, 2.45) is 0 Å². The van der Waals surface area contributed by atoms with E-state index in [1.54, 1.807) is 0 Å². The van der Waals surface area contributed by atoms with Crippen LogP contribution in [0.3, 0.4) is 0 Å². The summed E-state index contributed by atoms with van der Waals surface area (Å²) in [7, 11) is 0. The fourth-order valence-electron chi connectivity index (χ4n) is 0.399. The quantitative estimate of drug-likeness (QED) is 0.476. The van der Waals surface area contributed by atoms with E-state index in [0.29, 0.717) is 0 Å². The molecule has 48 valence electrons. The van der Waals surface area contributed by atoms with Gasteiger partial charge in [-0.2, -0.15) is 0 Å². The van der Waals surface area contributed by atoms with Crippen LogP contribution in [-0.4, -0.2) is 5.01 Å². The molecule has 1 unspecified atom stereocenters. The Morgan fingerprint density at radius 1 is 1.88 bits per heavy atom. The van der Waals surface area contributed by atoms with Gasteiger partial charge in [-0.3, -0.25) is 0 Å². The van der Waals surface area contributed by atoms with Gasteiger partial charge in [-0.05, 0) is 22.4 Å². The molecule has 0 spiro atoms. The molecule has 0 radical (unpaired) electrons. The van der Waals surface area contributed by atoms with Gasteiger partial charge in [0.2, 0.25) is 0 Å². The lowest BCUT2D eigenvalue weighted by atomic mass is 10.4.